The summed E-state index contributed by atoms with van der Waals surface area (Å²) in [6.45, 7) is 1.63. The van der Waals surface area contributed by atoms with Gasteiger partial charge in [0, 0.05) is 5.69 Å². The Labute approximate surface area is 226 Å². The van der Waals surface area contributed by atoms with Gasteiger partial charge in [0.05, 0.1) is 20.8 Å². The quantitative estimate of drug-likeness (QED) is 0.301. The molecule has 0 aliphatic carbocycles. The zero-order valence-corrected chi connectivity index (χ0v) is 21.4. The number of imide groups is 2. The maximum atomic E-state index is 13.0. The summed E-state index contributed by atoms with van der Waals surface area (Å²) in [4.78, 5) is 50.8. The van der Waals surface area contributed by atoms with Crippen LogP contribution in [-0.2, 0) is 14.4 Å². The largest absolute Gasteiger partial charge is 0.482 e. The fraction of sp³-hybridized carbons (Fsp3) is 0.0769. The van der Waals surface area contributed by atoms with Gasteiger partial charge in [0.2, 0.25) is 0 Å². The average Bonchev–Trinajstić information content (AvgIpc) is 2.83. The minimum atomic E-state index is -0.920. The minimum absolute atomic E-state index is 0.136. The Bertz CT molecular complexity index is 1470. The highest BCUT2D eigenvalue weighted by atomic mass is 35.5. The van der Waals surface area contributed by atoms with Crippen molar-refractivity contribution in [3.8, 4) is 5.75 Å². The molecule has 4 rings (SSSR count). The lowest BCUT2D eigenvalue weighted by Gasteiger charge is -2.26. The molecule has 11 heteroatoms. The Balaban J connectivity index is 1.49. The Kier molecular flexibility index (Phi) is 7.83. The van der Waals surface area contributed by atoms with Crippen LogP contribution in [0.3, 0.4) is 0 Å². The van der Waals surface area contributed by atoms with E-state index in [9.17, 15) is 19.2 Å². The first-order valence-electron chi connectivity index (χ1n) is 10.8. The van der Waals surface area contributed by atoms with Gasteiger partial charge in [-0.3, -0.25) is 19.7 Å². The van der Waals surface area contributed by atoms with Crippen molar-refractivity contribution in [2.75, 3.05) is 16.8 Å². The lowest BCUT2D eigenvalue weighted by Crippen LogP contribution is -2.54. The molecule has 3 aromatic rings. The lowest BCUT2D eigenvalue weighted by molar-refractivity contribution is -0.122. The second-order valence-corrected chi connectivity index (χ2v) is 9.17. The summed E-state index contributed by atoms with van der Waals surface area (Å²) in [7, 11) is 0. The number of hydrogen-bond donors (Lipinski definition) is 2. The van der Waals surface area contributed by atoms with Gasteiger partial charge >= 0.3 is 6.03 Å². The molecule has 0 bridgehead atoms. The number of rotatable bonds is 6. The van der Waals surface area contributed by atoms with Gasteiger partial charge in [0.1, 0.15) is 11.3 Å². The van der Waals surface area contributed by atoms with E-state index < -0.39 is 17.8 Å². The monoisotopic (exact) mass is 557 g/mol. The molecule has 3 aromatic carbocycles. The van der Waals surface area contributed by atoms with Crippen molar-refractivity contribution in [3.05, 3.63) is 92.4 Å². The number of aryl methyl sites for hydroxylation is 1. The molecule has 1 aliphatic heterocycles. The molecule has 1 heterocycles. The number of carbonyl (C=O) groups is 4. The third-order valence-electron chi connectivity index (χ3n) is 5.19. The summed E-state index contributed by atoms with van der Waals surface area (Å²) in [6.07, 6.45) is 1.29. The Morgan fingerprint density at radius 1 is 0.973 bits per heavy atom. The van der Waals surface area contributed by atoms with Gasteiger partial charge in [-0.05, 0) is 66.6 Å². The Hall–Kier alpha value is -3.85. The van der Waals surface area contributed by atoms with E-state index in [1.165, 1.54) is 36.4 Å². The summed E-state index contributed by atoms with van der Waals surface area (Å²) in [5, 5.41) is 5.38. The number of barbiturate groups is 1. The van der Waals surface area contributed by atoms with Gasteiger partial charge in [-0.25, -0.2) is 9.69 Å². The van der Waals surface area contributed by atoms with Crippen molar-refractivity contribution in [1.29, 1.82) is 0 Å². The average molecular weight is 559 g/mol. The standard InChI is InChI=1S/C26H18Cl3N3O5/c1-14-3-2-4-16(9-14)30-23(33)13-37-22-8-5-15(11-21(22)29)10-18-24(34)31-26(36)32(25(18)35)17-6-7-19(27)20(28)12-17/h2-12H,13H2,1H3,(H,30,33)(H,31,34,36)/b18-10+. The first-order chi connectivity index (χ1) is 17.6. The molecule has 2 N–H and O–H groups in total. The first kappa shape index (κ1) is 26.2. The fourth-order valence-corrected chi connectivity index (χ4v) is 4.01. The van der Waals surface area contributed by atoms with E-state index in [1.54, 1.807) is 12.1 Å². The summed E-state index contributed by atoms with van der Waals surface area (Å²) in [5.74, 6) is -1.85. The number of halogens is 3. The van der Waals surface area contributed by atoms with Crippen molar-refractivity contribution in [3.63, 3.8) is 0 Å². The SMILES string of the molecule is Cc1cccc(NC(=O)COc2ccc(/C=C3\C(=O)NC(=O)N(c4ccc(Cl)c(Cl)c4)C3=O)cc2Cl)c1. The van der Waals surface area contributed by atoms with Crippen molar-refractivity contribution >= 4 is 76.0 Å². The molecule has 0 unspecified atom stereocenters. The van der Waals surface area contributed by atoms with Crippen LogP contribution in [0.5, 0.6) is 5.75 Å². The maximum Gasteiger partial charge on any atom is 0.335 e. The van der Waals surface area contributed by atoms with Crippen molar-refractivity contribution in [1.82, 2.24) is 5.32 Å². The number of benzene rings is 3. The predicted octanol–water partition coefficient (Wildman–Crippen LogP) is 5.64. The predicted molar refractivity (Wildman–Crippen MR) is 142 cm³/mol. The molecule has 8 nitrogen and oxygen atoms in total. The molecule has 0 atom stereocenters. The number of carbonyl (C=O) groups excluding carboxylic acids is 4. The molecular weight excluding hydrogens is 541 g/mol. The Morgan fingerprint density at radius 2 is 1.76 bits per heavy atom. The number of nitrogens with zero attached hydrogens (tertiary/aromatic N) is 1. The molecule has 1 aliphatic rings. The summed E-state index contributed by atoms with van der Waals surface area (Å²) >= 11 is 18.2. The van der Waals surface area contributed by atoms with Crippen LogP contribution in [0.1, 0.15) is 11.1 Å². The molecule has 0 radical (unpaired) electrons. The number of ether oxygens (including phenoxy) is 1. The van der Waals surface area contributed by atoms with Crippen molar-refractivity contribution in [2.45, 2.75) is 6.92 Å². The maximum absolute atomic E-state index is 13.0. The van der Waals surface area contributed by atoms with Gasteiger partial charge in [-0.1, -0.05) is 53.0 Å². The lowest BCUT2D eigenvalue weighted by atomic mass is 10.1. The topological polar surface area (TPSA) is 105 Å². The normalized spacial score (nSPS) is 14.5. The molecule has 1 fully saturated rings. The van der Waals surface area contributed by atoms with E-state index in [1.807, 2.05) is 25.1 Å². The summed E-state index contributed by atoms with van der Waals surface area (Å²) in [6, 6.07) is 15.1. The first-order valence-corrected chi connectivity index (χ1v) is 11.9. The van der Waals surface area contributed by atoms with Crippen molar-refractivity contribution < 1.29 is 23.9 Å². The van der Waals surface area contributed by atoms with Gasteiger partial charge < -0.3 is 10.1 Å². The molecule has 1 saturated heterocycles. The number of urea groups is 1. The van der Waals surface area contributed by atoms with Crippen LogP contribution >= 0.6 is 34.8 Å². The molecule has 5 amide bonds. The van der Waals surface area contributed by atoms with E-state index in [2.05, 4.69) is 10.6 Å². The number of hydrogen-bond acceptors (Lipinski definition) is 5. The van der Waals surface area contributed by atoms with Crippen LogP contribution in [0.15, 0.2) is 66.2 Å². The van der Waals surface area contributed by atoms with Crippen LogP contribution in [0.4, 0.5) is 16.2 Å². The van der Waals surface area contributed by atoms with Crippen LogP contribution in [0.25, 0.3) is 6.08 Å². The van der Waals surface area contributed by atoms with E-state index in [4.69, 9.17) is 39.5 Å². The third-order valence-corrected chi connectivity index (χ3v) is 6.22. The number of nitrogens with one attached hydrogen (secondary N) is 2. The minimum Gasteiger partial charge on any atom is -0.482 e. The van der Waals surface area contributed by atoms with Gasteiger partial charge in [-0.2, -0.15) is 0 Å². The van der Waals surface area contributed by atoms with E-state index in [0.717, 1.165) is 10.5 Å². The zero-order valence-electron chi connectivity index (χ0n) is 19.2. The Morgan fingerprint density at radius 3 is 2.46 bits per heavy atom. The smallest absolute Gasteiger partial charge is 0.335 e. The van der Waals surface area contributed by atoms with Gasteiger partial charge in [0.25, 0.3) is 17.7 Å². The van der Waals surface area contributed by atoms with Crippen molar-refractivity contribution in [2.24, 2.45) is 0 Å². The highest BCUT2D eigenvalue weighted by Gasteiger charge is 2.37. The van der Waals surface area contributed by atoms with Gasteiger partial charge in [-0.15, -0.1) is 0 Å². The van der Waals surface area contributed by atoms with Crippen LogP contribution in [0.2, 0.25) is 15.1 Å². The second-order valence-electron chi connectivity index (χ2n) is 7.95. The molecular formula is C26H18Cl3N3O5. The van der Waals surface area contributed by atoms with E-state index in [-0.39, 0.29) is 44.6 Å². The summed E-state index contributed by atoms with van der Waals surface area (Å²) < 4.78 is 5.51. The zero-order chi connectivity index (χ0) is 26.7. The van der Waals surface area contributed by atoms with Crippen LogP contribution in [0, 0.1) is 6.92 Å². The van der Waals surface area contributed by atoms with E-state index >= 15 is 0 Å². The second kappa shape index (κ2) is 11.0. The third kappa shape index (κ3) is 6.11. The van der Waals surface area contributed by atoms with Gasteiger partial charge in [0.15, 0.2) is 6.61 Å². The highest BCUT2D eigenvalue weighted by molar-refractivity contribution is 6.43. The van der Waals surface area contributed by atoms with Crippen LogP contribution in [-0.4, -0.2) is 30.4 Å². The number of anilines is 2. The molecule has 0 saturated carbocycles. The molecule has 0 aromatic heterocycles. The molecule has 0 spiro atoms. The van der Waals surface area contributed by atoms with E-state index in [0.29, 0.717) is 11.3 Å². The fourth-order valence-electron chi connectivity index (χ4n) is 3.47. The summed E-state index contributed by atoms with van der Waals surface area (Å²) in [5.41, 5.74) is 1.88. The highest BCUT2D eigenvalue weighted by Crippen LogP contribution is 2.30. The molecule has 37 heavy (non-hydrogen) atoms. The molecule has 188 valence electrons. The number of amides is 5. The van der Waals surface area contributed by atoms with Crippen LogP contribution < -0.4 is 20.3 Å².